The van der Waals surface area contributed by atoms with Gasteiger partial charge in [0.1, 0.15) is 5.76 Å². The van der Waals surface area contributed by atoms with Gasteiger partial charge in [0, 0.05) is 18.2 Å². The number of rotatable bonds is 3. The van der Waals surface area contributed by atoms with Crippen LogP contribution in [0.1, 0.15) is 28.5 Å². The number of carbonyl (C=O) groups excluding carboxylic acids is 1. The van der Waals surface area contributed by atoms with Crippen molar-refractivity contribution < 1.29 is 9.90 Å². The van der Waals surface area contributed by atoms with E-state index in [0.29, 0.717) is 22.5 Å². The first-order chi connectivity index (χ1) is 13.4. The van der Waals surface area contributed by atoms with E-state index in [1.54, 1.807) is 49.8 Å². The number of nitrogens with zero attached hydrogens (tertiary/aromatic N) is 3. The lowest BCUT2D eigenvalue weighted by Crippen LogP contribution is -2.19. The first-order valence-electron chi connectivity index (χ1n) is 8.89. The highest BCUT2D eigenvalue weighted by Crippen LogP contribution is 2.32. The zero-order valence-corrected chi connectivity index (χ0v) is 15.8. The molecule has 1 aliphatic carbocycles. The van der Waals surface area contributed by atoms with Crippen LogP contribution in [-0.2, 0) is 7.05 Å². The summed E-state index contributed by atoms with van der Waals surface area (Å²) in [4.78, 5) is 30.2. The van der Waals surface area contributed by atoms with E-state index in [2.05, 4.69) is 4.99 Å². The third kappa shape index (κ3) is 2.53. The predicted octanol–water partition coefficient (Wildman–Crippen LogP) is 3.74. The first kappa shape index (κ1) is 17.7. The zero-order valence-electron chi connectivity index (χ0n) is 15.8. The number of hydrogen-bond acceptors (Lipinski definition) is 4. The number of ketones is 1. The van der Waals surface area contributed by atoms with E-state index in [9.17, 15) is 14.7 Å². The van der Waals surface area contributed by atoms with Crippen molar-refractivity contribution in [3.63, 3.8) is 0 Å². The molecule has 6 nitrogen and oxygen atoms in total. The van der Waals surface area contributed by atoms with Crippen LogP contribution in [0.15, 0.2) is 70.0 Å². The molecule has 0 amide bonds. The molecule has 1 aromatic heterocycles. The summed E-state index contributed by atoms with van der Waals surface area (Å²) in [7, 11) is 1.78. The van der Waals surface area contributed by atoms with Crippen LogP contribution >= 0.6 is 0 Å². The topological polar surface area (TPSA) is 76.6 Å². The molecular formula is C22H19N3O3. The third-order valence-electron chi connectivity index (χ3n) is 5.06. The number of allylic oxidation sites excluding steroid dienone is 1. The van der Waals surface area contributed by atoms with E-state index in [0.717, 1.165) is 5.69 Å². The molecule has 140 valence electrons. The van der Waals surface area contributed by atoms with Crippen molar-refractivity contribution in [2.75, 3.05) is 0 Å². The Morgan fingerprint density at radius 1 is 0.964 bits per heavy atom. The van der Waals surface area contributed by atoms with Gasteiger partial charge in [-0.05, 0) is 26.0 Å². The molecule has 0 fully saturated rings. The van der Waals surface area contributed by atoms with Crippen LogP contribution in [0.5, 0.6) is 0 Å². The molecule has 2 aromatic carbocycles. The summed E-state index contributed by atoms with van der Waals surface area (Å²) >= 11 is 0. The Labute approximate surface area is 161 Å². The Morgan fingerprint density at radius 2 is 1.57 bits per heavy atom. The SMILES string of the molecule is CC(=Nc1c(C)n(C)n(-c2ccccc2)c1=O)C1=C(O)c2ccccc2C1=O. The Hall–Kier alpha value is -3.67. The summed E-state index contributed by atoms with van der Waals surface area (Å²) in [6, 6.07) is 16.1. The average Bonchev–Trinajstić information content (AvgIpc) is 3.08. The Kier molecular flexibility index (Phi) is 4.11. The third-order valence-corrected chi connectivity index (χ3v) is 5.06. The Balaban J connectivity index is 1.84. The van der Waals surface area contributed by atoms with Gasteiger partial charge in [0.2, 0.25) is 0 Å². The molecule has 0 aliphatic heterocycles. The van der Waals surface area contributed by atoms with Crippen LogP contribution in [0, 0.1) is 6.92 Å². The minimum Gasteiger partial charge on any atom is -0.506 e. The summed E-state index contributed by atoms with van der Waals surface area (Å²) in [6.07, 6.45) is 0. The van der Waals surface area contributed by atoms with Crippen molar-refractivity contribution in [2.24, 2.45) is 12.0 Å². The molecule has 4 rings (SSSR count). The Bertz CT molecular complexity index is 1230. The minimum absolute atomic E-state index is 0.0983. The summed E-state index contributed by atoms with van der Waals surface area (Å²) in [6.45, 7) is 3.43. The van der Waals surface area contributed by atoms with Gasteiger partial charge in [-0.3, -0.25) is 14.3 Å². The van der Waals surface area contributed by atoms with Crippen LogP contribution in [-0.4, -0.2) is 26.0 Å². The van der Waals surface area contributed by atoms with Crippen LogP contribution < -0.4 is 5.56 Å². The number of Topliss-reactive ketones (excluding diaryl/α,β-unsaturated/α-hetero) is 1. The molecule has 0 saturated heterocycles. The standard InChI is InChI=1S/C22H19N3O3/c1-13(18-20(26)16-11-7-8-12-17(16)21(18)27)23-19-14(2)24(3)25(22(19)28)15-9-5-4-6-10-15/h4-12,26H,1-3H3. The average molecular weight is 373 g/mol. The number of aliphatic hydroxyl groups is 1. The number of aliphatic imine (C=N–C) groups is 1. The lowest BCUT2D eigenvalue weighted by atomic mass is 10.1. The molecule has 0 saturated carbocycles. The molecule has 0 radical (unpaired) electrons. The number of aliphatic hydroxyl groups excluding tert-OH is 1. The highest BCUT2D eigenvalue weighted by molar-refractivity contribution is 6.35. The van der Waals surface area contributed by atoms with Gasteiger partial charge < -0.3 is 5.11 Å². The molecule has 3 aromatic rings. The monoisotopic (exact) mass is 373 g/mol. The number of hydrogen-bond donors (Lipinski definition) is 1. The molecule has 0 unspecified atom stereocenters. The fourth-order valence-corrected chi connectivity index (χ4v) is 3.51. The second-order valence-electron chi connectivity index (χ2n) is 6.71. The molecule has 0 spiro atoms. The number of carbonyl (C=O) groups is 1. The van der Waals surface area contributed by atoms with Crippen molar-refractivity contribution in [1.82, 2.24) is 9.36 Å². The molecular weight excluding hydrogens is 354 g/mol. The van der Waals surface area contributed by atoms with Crippen LogP contribution in [0.25, 0.3) is 11.4 Å². The van der Waals surface area contributed by atoms with Gasteiger partial charge in [0.15, 0.2) is 11.5 Å². The number of aromatic nitrogens is 2. The lowest BCUT2D eigenvalue weighted by Gasteiger charge is -2.07. The van der Waals surface area contributed by atoms with Crippen LogP contribution in [0.2, 0.25) is 0 Å². The van der Waals surface area contributed by atoms with E-state index in [4.69, 9.17) is 0 Å². The quantitative estimate of drug-likeness (QED) is 0.711. The largest absolute Gasteiger partial charge is 0.506 e. The van der Waals surface area contributed by atoms with Crippen molar-refractivity contribution >= 4 is 22.9 Å². The predicted molar refractivity (Wildman–Crippen MR) is 109 cm³/mol. The van der Waals surface area contributed by atoms with E-state index in [1.165, 1.54) is 4.68 Å². The van der Waals surface area contributed by atoms with Gasteiger partial charge >= 0.3 is 0 Å². The molecule has 6 heteroatoms. The van der Waals surface area contributed by atoms with Crippen molar-refractivity contribution in [2.45, 2.75) is 13.8 Å². The van der Waals surface area contributed by atoms with Gasteiger partial charge in [-0.2, -0.15) is 0 Å². The van der Waals surface area contributed by atoms with Gasteiger partial charge in [0.25, 0.3) is 5.56 Å². The van der Waals surface area contributed by atoms with E-state index in [1.807, 2.05) is 30.3 Å². The molecule has 0 bridgehead atoms. The zero-order chi connectivity index (χ0) is 20.0. The summed E-state index contributed by atoms with van der Waals surface area (Å²) in [5.41, 5.74) is 2.72. The van der Waals surface area contributed by atoms with Crippen LogP contribution in [0.4, 0.5) is 5.69 Å². The fourth-order valence-electron chi connectivity index (χ4n) is 3.51. The fraction of sp³-hybridized carbons (Fsp3) is 0.136. The molecule has 0 atom stereocenters. The van der Waals surface area contributed by atoms with E-state index < -0.39 is 0 Å². The van der Waals surface area contributed by atoms with E-state index in [-0.39, 0.29) is 28.4 Å². The number of fused-ring (bicyclic) bond motifs is 1. The Morgan fingerprint density at radius 3 is 2.21 bits per heavy atom. The second-order valence-corrected chi connectivity index (χ2v) is 6.71. The van der Waals surface area contributed by atoms with Crippen molar-refractivity contribution in [3.05, 3.63) is 87.3 Å². The first-order valence-corrected chi connectivity index (χ1v) is 8.89. The van der Waals surface area contributed by atoms with Crippen LogP contribution in [0.3, 0.4) is 0 Å². The summed E-state index contributed by atoms with van der Waals surface area (Å²) < 4.78 is 3.25. The van der Waals surface area contributed by atoms with Gasteiger partial charge in [-0.1, -0.05) is 42.5 Å². The van der Waals surface area contributed by atoms with Crippen molar-refractivity contribution in [1.29, 1.82) is 0 Å². The number of benzene rings is 2. The second kappa shape index (κ2) is 6.49. The smallest absolute Gasteiger partial charge is 0.297 e. The minimum atomic E-state index is -0.286. The summed E-state index contributed by atoms with van der Waals surface area (Å²) in [5.74, 6) is -0.384. The molecule has 1 aliphatic rings. The molecule has 1 heterocycles. The molecule has 28 heavy (non-hydrogen) atoms. The van der Waals surface area contributed by atoms with E-state index >= 15 is 0 Å². The van der Waals surface area contributed by atoms with Gasteiger partial charge in [-0.15, -0.1) is 0 Å². The molecule has 1 N–H and O–H groups in total. The maximum atomic E-state index is 13.0. The van der Waals surface area contributed by atoms with Crippen molar-refractivity contribution in [3.8, 4) is 5.69 Å². The van der Waals surface area contributed by atoms with Gasteiger partial charge in [-0.25, -0.2) is 9.67 Å². The van der Waals surface area contributed by atoms with Gasteiger partial charge in [0.05, 0.1) is 22.7 Å². The maximum Gasteiger partial charge on any atom is 0.297 e. The highest BCUT2D eigenvalue weighted by atomic mass is 16.3. The summed E-state index contributed by atoms with van der Waals surface area (Å²) in [5, 5.41) is 10.5. The maximum absolute atomic E-state index is 13.0. The highest BCUT2D eigenvalue weighted by Gasteiger charge is 2.31. The normalized spacial score (nSPS) is 14.0. The lowest BCUT2D eigenvalue weighted by molar-refractivity contribution is 0.104. The number of para-hydroxylation sites is 1.